The van der Waals surface area contributed by atoms with Gasteiger partial charge in [-0.3, -0.25) is 4.79 Å². The van der Waals surface area contributed by atoms with E-state index in [-0.39, 0.29) is 18.4 Å². The molecule has 22 heavy (non-hydrogen) atoms. The first-order valence-electron chi connectivity index (χ1n) is 7.75. The number of hydrogen-bond acceptors (Lipinski definition) is 3. The second-order valence-corrected chi connectivity index (χ2v) is 5.25. The number of benzene rings is 2. The molecule has 0 fully saturated rings. The lowest BCUT2D eigenvalue weighted by molar-refractivity contribution is -0.143. The SMILES string of the molecule is CCOC(=O)C[C@H](N)c1cccc(-c2ccccc2CC)c1. The van der Waals surface area contributed by atoms with Gasteiger partial charge in [-0.25, -0.2) is 0 Å². The maximum absolute atomic E-state index is 11.6. The lowest BCUT2D eigenvalue weighted by Gasteiger charge is -2.14. The van der Waals surface area contributed by atoms with Crippen LogP contribution in [0.3, 0.4) is 0 Å². The molecule has 2 aromatic rings. The zero-order valence-electron chi connectivity index (χ0n) is 13.2. The van der Waals surface area contributed by atoms with Gasteiger partial charge >= 0.3 is 5.97 Å². The fourth-order valence-electron chi connectivity index (χ4n) is 2.56. The van der Waals surface area contributed by atoms with Crippen LogP contribution in [-0.2, 0) is 16.0 Å². The van der Waals surface area contributed by atoms with Crippen molar-refractivity contribution in [2.24, 2.45) is 5.73 Å². The summed E-state index contributed by atoms with van der Waals surface area (Å²) in [7, 11) is 0. The van der Waals surface area contributed by atoms with Crippen molar-refractivity contribution in [3.05, 3.63) is 59.7 Å². The third-order valence-corrected chi connectivity index (χ3v) is 3.72. The first-order valence-corrected chi connectivity index (χ1v) is 7.75. The Labute approximate surface area is 132 Å². The summed E-state index contributed by atoms with van der Waals surface area (Å²) in [5.41, 5.74) is 10.8. The molecule has 116 valence electrons. The summed E-state index contributed by atoms with van der Waals surface area (Å²) in [4.78, 5) is 11.6. The highest BCUT2D eigenvalue weighted by Crippen LogP contribution is 2.27. The molecule has 1 atom stereocenters. The minimum atomic E-state index is -0.340. The molecular formula is C19H23NO2. The summed E-state index contributed by atoms with van der Waals surface area (Å²) in [6.45, 7) is 4.33. The number of hydrogen-bond donors (Lipinski definition) is 1. The zero-order chi connectivity index (χ0) is 15.9. The van der Waals surface area contributed by atoms with E-state index in [0.29, 0.717) is 6.61 Å². The predicted octanol–water partition coefficient (Wildman–Crippen LogP) is 3.87. The van der Waals surface area contributed by atoms with Crippen LogP contribution in [0.25, 0.3) is 11.1 Å². The molecule has 0 saturated carbocycles. The second-order valence-electron chi connectivity index (χ2n) is 5.25. The van der Waals surface area contributed by atoms with E-state index in [1.54, 1.807) is 6.92 Å². The van der Waals surface area contributed by atoms with Crippen LogP contribution in [0.1, 0.15) is 37.4 Å². The van der Waals surface area contributed by atoms with Crippen LogP contribution in [0.15, 0.2) is 48.5 Å². The molecular weight excluding hydrogens is 274 g/mol. The summed E-state index contributed by atoms with van der Waals surface area (Å²) in [5, 5.41) is 0. The van der Waals surface area contributed by atoms with Crippen molar-refractivity contribution in [3.63, 3.8) is 0 Å². The van der Waals surface area contributed by atoms with Gasteiger partial charge in [-0.2, -0.15) is 0 Å². The van der Waals surface area contributed by atoms with Gasteiger partial charge in [0, 0.05) is 6.04 Å². The molecule has 0 aliphatic heterocycles. The fourth-order valence-corrected chi connectivity index (χ4v) is 2.56. The molecule has 3 heteroatoms. The summed E-state index contributed by atoms with van der Waals surface area (Å²) in [6.07, 6.45) is 1.18. The molecule has 2 rings (SSSR count). The Bertz CT molecular complexity index is 637. The van der Waals surface area contributed by atoms with Gasteiger partial charge in [0.2, 0.25) is 0 Å². The van der Waals surface area contributed by atoms with Crippen molar-refractivity contribution in [2.75, 3.05) is 6.61 Å². The Morgan fingerprint density at radius 3 is 2.64 bits per heavy atom. The van der Waals surface area contributed by atoms with Gasteiger partial charge in [0.25, 0.3) is 0 Å². The van der Waals surface area contributed by atoms with E-state index in [0.717, 1.165) is 17.5 Å². The Morgan fingerprint density at radius 2 is 1.91 bits per heavy atom. The van der Waals surface area contributed by atoms with E-state index in [1.807, 2.05) is 18.2 Å². The largest absolute Gasteiger partial charge is 0.466 e. The van der Waals surface area contributed by atoms with Crippen molar-refractivity contribution in [1.29, 1.82) is 0 Å². The van der Waals surface area contributed by atoms with Crippen LogP contribution in [-0.4, -0.2) is 12.6 Å². The number of ether oxygens (including phenoxy) is 1. The van der Waals surface area contributed by atoms with Crippen molar-refractivity contribution >= 4 is 5.97 Å². The zero-order valence-corrected chi connectivity index (χ0v) is 13.2. The summed E-state index contributed by atoms with van der Waals surface area (Å²) in [6, 6.07) is 16.1. The standard InChI is InChI=1S/C19H23NO2/c1-3-14-8-5-6-11-17(14)15-9-7-10-16(12-15)18(20)13-19(21)22-4-2/h5-12,18H,3-4,13,20H2,1-2H3/t18-/m0/s1. The molecule has 0 aromatic heterocycles. The minimum Gasteiger partial charge on any atom is -0.466 e. The smallest absolute Gasteiger partial charge is 0.307 e. The van der Waals surface area contributed by atoms with E-state index < -0.39 is 0 Å². The van der Waals surface area contributed by atoms with E-state index in [9.17, 15) is 4.79 Å². The lowest BCUT2D eigenvalue weighted by atomic mass is 9.94. The van der Waals surface area contributed by atoms with Crippen LogP contribution < -0.4 is 5.73 Å². The number of aryl methyl sites for hydroxylation is 1. The first kappa shape index (κ1) is 16.2. The second kappa shape index (κ2) is 7.76. The topological polar surface area (TPSA) is 52.3 Å². The third kappa shape index (κ3) is 3.95. The molecule has 0 spiro atoms. The average Bonchev–Trinajstić information content (AvgIpc) is 2.55. The van der Waals surface area contributed by atoms with E-state index in [2.05, 4.69) is 37.3 Å². The molecule has 0 aliphatic rings. The highest BCUT2D eigenvalue weighted by atomic mass is 16.5. The van der Waals surface area contributed by atoms with Crippen LogP contribution in [0, 0.1) is 0 Å². The minimum absolute atomic E-state index is 0.201. The fraction of sp³-hybridized carbons (Fsp3) is 0.316. The van der Waals surface area contributed by atoms with Gasteiger partial charge in [0.15, 0.2) is 0 Å². The number of rotatable bonds is 6. The van der Waals surface area contributed by atoms with Crippen molar-refractivity contribution in [2.45, 2.75) is 32.7 Å². The Hall–Kier alpha value is -2.13. The van der Waals surface area contributed by atoms with Crippen molar-refractivity contribution in [1.82, 2.24) is 0 Å². The monoisotopic (exact) mass is 297 g/mol. The normalized spacial score (nSPS) is 12.0. The maximum Gasteiger partial charge on any atom is 0.307 e. The van der Waals surface area contributed by atoms with Gasteiger partial charge < -0.3 is 10.5 Å². The molecule has 0 amide bonds. The van der Waals surface area contributed by atoms with E-state index in [4.69, 9.17) is 10.5 Å². The highest BCUT2D eigenvalue weighted by molar-refractivity contribution is 5.71. The predicted molar refractivity (Wildman–Crippen MR) is 89.4 cm³/mol. The summed E-state index contributed by atoms with van der Waals surface area (Å²) >= 11 is 0. The molecule has 0 unspecified atom stereocenters. The number of nitrogens with two attached hydrogens (primary N) is 1. The molecule has 2 N–H and O–H groups in total. The Kier molecular flexibility index (Phi) is 5.73. The quantitative estimate of drug-likeness (QED) is 0.823. The highest BCUT2D eigenvalue weighted by Gasteiger charge is 2.13. The Morgan fingerprint density at radius 1 is 1.14 bits per heavy atom. The number of esters is 1. The van der Waals surface area contributed by atoms with Gasteiger partial charge in [-0.15, -0.1) is 0 Å². The molecule has 0 saturated heterocycles. The number of carbonyl (C=O) groups is 1. The van der Waals surface area contributed by atoms with Crippen LogP contribution in [0.4, 0.5) is 0 Å². The van der Waals surface area contributed by atoms with Crippen LogP contribution >= 0.6 is 0 Å². The van der Waals surface area contributed by atoms with E-state index in [1.165, 1.54) is 11.1 Å². The lowest BCUT2D eigenvalue weighted by Crippen LogP contribution is -2.17. The van der Waals surface area contributed by atoms with Crippen LogP contribution in [0.2, 0.25) is 0 Å². The molecule has 0 heterocycles. The number of carbonyl (C=O) groups excluding carboxylic acids is 1. The molecule has 3 nitrogen and oxygen atoms in total. The average molecular weight is 297 g/mol. The first-order chi connectivity index (χ1) is 10.7. The summed E-state index contributed by atoms with van der Waals surface area (Å²) < 4.78 is 4.97. The molecule has 0 bridgehead atoms. The van der Waals surface area contributed by atoms with Gasteiger partial charge in [0.1, 0.15) is 0 Å². The van der Waals surface area contributed by atoms with Gasteiger partial charge in [-0.1, -0.05) is 49.4 Å². The van der Waals surface area contributed by atoms with Gasteiger partial charge in [0.05, 0.1) is 13.0 Å². The van der Waals surface area contributed by atoms with Gasteiger partial charge in [-0.05, 0) is 41.7 Å². The third-order valence-electron chi connectivity index (χ3n) is 3.72. The van der Waals surface area contributed by atoms with Crippen LogP contribution in [0.5, 0.6) is 0 Å². The van der Waals surface area contributed by atoms with Crippen molar-refractivity contribution < 1.29 is 9.53 Å². The molecule has 0 radical (unpaired) electrons. The molecule has 2 aromatic carbocycles. The maximum atomic E-state index is 11.6. The van der Waals surface area contributed by atoms with Crippen molar-refractivity contribution in [3.8, 4) is 11.1 Å². The van der Waals surface area contributed by atoms with E-state index >= 15 is 0 Å². The summed E-state index contributed by atoms with van der Waals surface area (Å²) in [5.74, 6) is -0.255. The molecule has 0 aliphatic carbocycles. The Balaban J connectivity index is 2.24.